The number of nitrogens with one attached hydrogen (secondary N) is 2. The van der Waals surface area contributed by atoms with Crippen LogP contribution in [0, 0.1) is 11.3 Å². The minimum Gasteiger partial charge on any atom is -0.370 e. The summed E-state index contributed by atoms with van der Waals surface area (Å²) in [5.74, 6) is 2.46. The number of hydrogen-bond donors (Lipinski definition) is 2. The lowest BCUT2D eigenvalue weighted by Gasteiger charge is -2.10. The lowest BCUT2D eigenvalue weighted by Crippen LogP contribution is -2.07. The number of anilines is 2. The predicted molar refractivity (Wildman–Crippen MR) is 84.1 cm³/mol. The van der Waals surface area contributed by atoms with Crippen molar-refractivity contribution in [1.29, 1.82) is 5.26 Å². The third-order valence-electron chi connectivity index (χ3n) is 3.00. The van der Waals surface area contributed by atoms with Crippen LogP contribution in [0.25, 0.3) is 0 Å². The van der Waals surface area contributed by atoms with Gasteiger partial charge in [-0.25, -0.2) is 9.97 Å². The van der Waals surface area contributed by atoms with Gasteiger partial charge in [0.05, 0.1) is 11.6 Å². The number of nitriles is 1. The molecule has 2 rings (SSSR count). The van der Waals surface area contributed by atoms with Crippen LogP contribution < -0.4 is 10.6 Å². The Balaban J connectivity index is 2.07. The molecular formula is C16H19N5. The van der Waals surface area contributed by atoms with Crippen LogP contribution in [-0.4, -0.2) is 16.5 Å². The molecule has 0 spiro atoms. The van der Waals surface area contributed by atoms with E-state index in [-0.39, 0.29) is 0 Å². The number of hydrogen-bond acceptors (Lipinski definition) is 5. The quantitative estimate of drug-likeness (QED) is 0.851. The van der Waals surface area contributed by atoms with Crippen LogP contribution in [0.2, 0.25) is 0 Å². The highest BCUT2D eigenvalue weighted by atomic mass is 15.1. The zero-order valence-corrected chi connectivity index (χ0v) is 12.3. The Hall–Kier alpha value is -2.61. The number of rotatable bonds is 6. The van der Waals surface area contributed by atoms with E-state index >= 15 is 0 Å². The first kappa shape index (κ1) is 14.8. The SMILES string of the molecule is CCNc1cc(NCc2ccc(C#N)cc2)nc(CC)n1. The van der Waals surface area contributed by atoms with E-state index in [0.717, 1.165) is 36.0 Å². The summed E-state index contributed by atoms with van der Waals surface area (Å²) in [5, 5.41) is 15.3. The van der Waals surface area contributed by atoms with Crippen molar-refractivity contribution in [2.45, 2.75) is 26.8 Å². The molecule has 108 valence electrons. The van der Waals surface area contributed by atoms with Gasteiger partial charge >= 0.3 is 0 Å². The molecule has 0 aliphatic heterocycles. The summed E-state index contributed by atoms with van der Waals surface area (Å²) in [6.07, 6.45) is 0.796. The van der Waals surface area contributed by atoms with Crippen LogP contribution in [0.15, 0.2) is 30.3 Å². The monoisotopic (exact) mass is 281 g/mol. The molecule has 0 radical (unpaired) electrons. The van der Waals surface area contributed by atoms with Crippen molar-refractivity contribution in [2.75, 3.05) is 17.2 Å². The van der Waals surface area contributed by atoms with Crippen molar-refractivity contribution in [3.05, 3.63) is 47.3 Å². The predicted octanol–water partition coefficient (Wildman–Crippen LogP) is 2.95. The molecule has 5 nitrogen and oxygen atoms in total. The van der Waals surface area contributed by atoms with Gasteiger partial charge in [-0.3, -0.25) is 0 Å². The largest absolute Gasteiger partial charge is 0.370 e. The summed E-state index contributed by atoms with van der Waals surface area (Å²) >= 11 is 0. The molecular weight excluding hydrogens is 262 g/mol. The Kier molecular flexibility index (Phi) is 5.10. The maximum Gasteiger partial charge on any atom is 0.132 e. The number of nitrogens with zero attached hydrogens (tertiary/aromatic N) is 3. The molecule has 2 N–H and O–H groups in total. The Labute approximate surface area is 125 Å². The molecule has 0 saturated heterocycles. The minimum absolute atomic E-state index is 0.664. The molecule has 1 aromatic heterocycles. The average molecular weight is 281 g/mol. The Bertz CT molecular complexity index is 628. The van der Waals surface area contributed by atoms with Crippen molar-refractivity contribution >= 4 is 11.6 Å². The third kappa shape index (κ3) is 4.18. The zero-order valence-electron chi connectivity index (χ0n) is 12.3. The maximum atomic E-state index is 8.79. The summed E-state index contributed by atoms with van der Waals surface area (Å²) < 4.78 is 0. The Morgan fingerprint density at radius 3 is 2.29 bits per heavy atom. The molecule has 0 aliphatic rings. The number of aromatic nitrogens is 2. The second kappa shape index (κ2) is 7.25. The average Bonchev–Trinajstić information content (AvgIpc) is 2.53. The summed E-state index contributed by atoms with van der Waals surface area (Å²) in [5.41, 5.74) is 1.78. The minimum atomic E-state index is 0.664. The Morgan fingerprint density at radius 2 is 1.71 bits per heavy atom. The fourth-order valence-electron chi connectivity index (χ4n) is 1.91. The molecule has 2 aromatic rings. The summed E-state index contributed by atoms with van der Waals surface area (Å²) in [6.45, 7) is 5.57. The summed E-state index contributed by atoms with van der Waals surface area (Å²) in [6, 6.07) is 11.5. The van der Waals surface area contributed by atoms with Crippen LogP contribution in [0.4, 0.5) is 11.6 Å². The van der Waals surface area contributed by atoms with E-state index in [2.05, 4.69) is 26.7 Å². The second-order valence-corrected chi connectivity index (χ2v) is 4.60. The highest BCUT2D eigenvalue weighted by molar-refractivity contribution is 5.48. The number of aryl methyl sites for hydroxylation is 1. The maximum absolute atomic E-state index is 8.79. The fourth-order valence-corrected chi connectivity index (χ4v) is 1.91. The standard InChI is InChI=1S/C16H19N5/c1-3-14-20-15(18-4-2)9-16(21-14)19-11-13-7-5-12(10-17)6-8-13/h5-9H,3-4,11H2,1-2H3,(H2,18,19,20,21). The van der Waals surface area contributed by atoms with Crippen LogP contribution in [-0.2, 0) is 13.0 Å². The first-order valence-electron chi connectivity index (χ1n) is 7.10. The molecule has 0 bridgehead atoms. The summed E-state index contributed by atoms with van der Waals surface area (Å²) in [7, 11) is 0. The van der Waals surface area contributed by atoms with Crippen molar-refractivity contribution in [3.63, 3.8) is 0 Å². The van der Waals surface area contributed by atoms with Gasteiger partial charge in [0.15, 0.2) is 0 Å². The molecule has 1 aromatic carbocycles. The lowest BCUT2D eigenvalue weighted by molar-refractivity contribution is 0.929. The highest BCUT2D eigenvalue weighted by Crippen LogP contribution is 2.13. The molecule has 0 fully saturated rings. The first-order valence-corrected chi connectivity index (χ1v) is 7.10. The topological polar surface area (TPSA) is 73.6 Å². The van der Waals surface area contributed by atoms with Crippen molar-refractivity contribution in [1.82, 2.24) is 9.97 Å². The smallest absolute Gasteiger partial charge is 0.132 e. The van der Waals surface area contributed by atoms with Gasteiger partial charge in [0.1, 0.15) is 17.5 Å². The van der Waals surface area contributed by atoms with E-state index in [9.17, 15) is 0 Å². The molecule has 0 amide bonds. The van der Waals surface area contributed by atoms with Crippen molar-refractivity contribution < 1.29 is 0 Å². The van der Waals surface area contributed by atoms with E-state index in [1.165, 1.54) is 0 Å². The molecule has 0 saturated carbocycles. The summed E-state index contributed by atoms with van der Waals surface area (Å²) in [4.78, 5) is 8.89. The second-order valence-electron chi connectivity index (χ2n) is 4.60. The van der Waals surface area contributed by atoms with Gasteiger partial charge in [-0.1, -0.05) is 19.1 Å². The lowest BCUT2D eigenvalue weighted by atomic mass is 10.1. The van der Waals surface area contributed by atoms with Gasteiger partial charge in [0, 0.05) is 25.6 Å². The van der Waals surface area contributed by atoms with Crippen LogP contribution in [0.1, 0.15) is 30.8 Å². The van der Waals surface area contributed by atoms with Crippen molar-refractivity contribution in [3.8, 4) is 6.07 Å². The van der Waals surface area contributed by atoms with Gasteiger partial charge < -0.3 is 10.6 Å². The molecule has 21 heavy (non-hydrogen) atoms. The van der Waals surface area contributed by atoms with E-state index < -0.39 is 0 Å². The van der Waals surface area contributed by atoms with E-state index in [0.29, 0.717) is 12.1 Å². The zero-order chi connectivity index (χ0) is 15.1. The first-order chi connectivity index (χ1) is 10.2. The molecule has 0 unspecified atom stereocenters. The molecule has 1 heterocycles. The van der Waals surface area contributed by atoms with Gasteiger partial charge in [0.2, 0.25) is 0 Å². The van der Waals surface area contributed by atoms with E-state index in [4.69, 9.17) is 5.26 Å². The van der Waals surface area contributed by atoms with Crippen LogP contribution in [0.3, 0.4) is 0 Å². The Morgan fingerprint density at radius 1 is 1.05 bits per heavy atom. The van der Waals surface area contributed by atoms with Crippen LogP contribution in [0.5, 0.6) is 0 Å². The fraction of sp³-hybridized carbons (Fsp3) is 0.312. The molecule has 5 heteroatoms. The third-order valence-corrected chi connectivity index (χ3v) is 3.00. The van der Waals surface area contributed by atoms with E-state index in [1.54, 1.807) is 0 Å². The van der Waals surface area contributed by atoms with Crippen molar-refractivity contribution in [2.24, 2.45) is 0 Å². The normalized spacial score (nSPS) is 9.95. The van der Waals surface area contributed by atoms with Gasteiger partial charge in [-0.15, -0.1) is 0 Å². The molecule has 0 atom stereocenters. The van der Waals surface area contributed by atoms with E-state index in [1.807, 2.05) is 44.2 Å². The van der Waals surface area contributed by atoms with Gasteiger partial charge in [-0.2, -0.15) is 5.26 Å². The molecule has 0 aliphatic carbocycles. The van der Waals surface area contributed by atoms with Gasteiger partial charge in [-0.05, 0) is 24.6 Å². The number of benzene rings is 1. The van der Waals surface area contributed by atoms with Gasteiger partial charge in [0.25, 0.3) is 0 Å². The highest BCUT2D eigenvalue weighted by Gasteiger charge is 2.03. The van der Waals surface area contributed by atoms with Crippen LogP contribution >= 0.6 is 0 Å².